The third-order valence-corrected chi connectivity index (χ3v) is 7.31. The Kier molecular flexibility index (Phi) is 14.8. The number of hydrogen-bond acceptors (Lipinski definition) is 0. The van der Waals surface area contributed by atoms with E-state index in [-0.39, 0.29) is 0 Å². The van der Waals surface area contributed by atoms with Crippen LogP contribution in [0.25, 0.3) is 0 Å². The lowest BCUT2D eigenvalue weighted by molar-refractivity contribution is 0.184. The zero-order valence-corrected chi connectivity index (χ0v) is 19.0. The van der Waals surface area contributed by atoms with E-state index in [0.29, 0.717) is 0 Å². The molecule has 0 aromatic rings. The maximum atomic E-state index is 2.40. The van der Waals surface area contributed by atoms with E-state index < -0.39 is 0 Å². The Morgan fingerprint density at radius 2 is 0.769 bits per heavy atom. The Balaban J connectivity index is 2.69. The first kappa shape index (κ1) is 24.0. The lowest BCUT2D eigenvalue weighted by atomic mass is 9.72. The second-order valence-corrected chi connectivity index (χ2v) is 9.47. The molecule has 1 aliphatic rings. The summed E-state index contributed by atoms with van der Waals surface area (Å²) in [4.78, 5) is 0. The zero-order chi connectivity index (χ0) is 19.0. The molecule has 0 aliphatic heterocycles. The summed E-state index contributed by atoms with van der Waals surface area (Å²) < 4.78 is 0. The smallest absolute Gasteiger partial charge is 0.0386 e. The Bertz CT molecular complexity index is 264. The average Bonchev–Trinajstić information content (AvgIpc) is 2.64. The highest BCUT2D eigenvalue weighted by Gasteiger charge is 2.26. The van der Waals surface area contributed by atoms with Gasteiger partial charge in [-0.15, -0.1) is 0 Å². The molecule has 26 heavy (non-hydrogen) atoms. The van der Waals surface area contributed by atoms with Crippen LogP contribution in [0.3, 0.4) is 0 Å². The quantitative estimate of drug-likeness (QED) is 0.302. The molecule has 4 atom stereocenters. The molecule has 156 valence electrons. The normalized spacial score (nSPS) is 28.2. The summed E-state index contributed by atoms with van der Waals surface area (Å²) >= 11 is 0. The van der Waals surface area contributed by atoms with Crippen LogP contribution >= 0.6 is 0 Å². The van der Waals surface area contributed by atoms with E-state index in [2.05, 4.69) is 27.7 Å². The van der Waals surface area contributed by atoms with Crippen LogP contribution in [0.5, 0.6) is 0 Å². The van der Waals surface area contributed by atoms with E-state index in [4.69, 9.17) is 0 Å². The van der Waals surface area contributed by atoms with Crippen LogP contribution in [-0.2, 0) is 0 Å². The first-order valence-corrected chi connectivity index (χ1v) is 12.8. The minimum Gasteiger partial charge on any atom is -0.0654 e. The summed E-state index contributed by atoms with van der Waals surface area (Å²) in [7, 11) is 0. The first-order chi connectivity index (χ1) is 12.8. The zero-order valence-electron chi connectivity index (χ0n) is 19.0. The van der Waals surface area contributed by atoms with Crippen LogP contribution in [0.15, 0.2) is 0 Å². The molecule has 0 nitrogen and oxygen atoms in total. The molecule has 0 heterocycles. The molecule has 0 N–H and O–H groups in total. The summed E-state index contributed by atoms with van der Waals surface area (Å²) in [6.45, 7) is 9.52. The SMILES string of the molecule is CCCCCC1CCCC(CCC)C(CCC)CCCC1CCCCC. The van der Waals surface area contributed by atoms with E-state index in [1.807, 2.05) is 0 Å². The van der Waals surface area contributed by atoms with Crippen LogP contribution < -0.4 is 0 Å². The van der Waals surface area contributed by atoms with Crippen LogP contribution in [0.4, 0.5) is 0 Å². The largest absolute Gasteiger partial charge is 0.0654 e. The minimum absolute atomic E-state index is 1.04. The van der Waals surface area contributed by atoms with Gasteiger partial charge in [-0.2, -0.15) is 0 Å². The van der Waals surface area contributed by atoms with Crippen molar-refractivity contribution in [1.82, 2.24) is 0 Å². The maximum absolute atomic E-state index is 2.40. The molecule has 1 fully saturated rings. The van der Waals surface area contributed by atoms with Gasteiger partial charge in [0.1, 0.15) is 0 Å². The van der Waals surface area contributed by atoms with Gasteiger partial charge in [-0.3, -0.25) is 0 Å². The molecule has 1 rings (SSSR count). The molecule has 0 saturated heterocycles. The van der Waals surface area contributed by atoms with Crippen molar-refractivity contribution in [2.45, 2.75) is 143 Å². The Hall–Kier alpha value is 0. The van der Waals surface area contributed by atoms with Gasteiger partial charge in [0.2, 0.25) is 0 Å². The van der Waals surface area contributed by atoms with Crippen LogP contribution in [-0.4, -0.2) is 0 Å². The highest BCUT2D eigenvalue weighted by Crippen LogP contribution is 2.38. The van der Waals surface area contributed by atoms with E-state index in [0.717, 1.165) is 23.7 Å². The predicted molar refractivity (Wildman–Crippen MR) is 120 cm³/mol. The Labute approximate surface area is 167 Å². The summed E-state index contributed by atoms with van der Waals surface area (Å²) in [5, 5.41) is 0. The highest BCUT2D eigenvalue weighted by atomic mass is 14.3. The topological polar surface area (TPSA) is 0 Å². The fourth-order valence-electron chi connectivity index (χ4n) is 5.80. The molecule has 0 aromatic carbocycles. The van der Waals surface area contributed by atoms with Gasteiger partial charge >= 0.3 is 0 Å². The van der Waals surface area contributed by atoms with E-state index in [1.54, 1.807) is 12.8 Å². The van der Waals surface area contributed by atoms with Crippen molar-refractivity contribution in [3.63, 3.8) is 0 Å². The number of unbranched alkanes of at least 4 members (excludes halogenated alkanes) is 4. The van der Waals surface area contributed by atoms with Crippen molar-refractivity contribution < 1.29 is 0 Å². The summed E-state index contributed by atoms with van der Waals surface area (Å²) in [5.74, 6) is 4.16. The monoisotopic (exact) mass is 364 g/mol. The van der Waals surface area contributed by atoms with Crippen LogP contribution in [0.2, 0.25) is 0 Å². The molecule has 1 aliphatic carbocycles. The van der Waals surface area contributed by atoms with Crippen LogP contribution in [0, 0.1) is 23.7 Å². The predicted octanol–water partition coefficient (Wildman–Crippen LogP) is 9.57. The van der Waals surface area contributed by atoms with Gasteiger partial charge < -0.3 is 0 Å². The van der Waals surface area contributed by atoms with Gasteiger partial charge in [0.25, 0.3) is 0 Å². The fourth-order valence-corrected chi connectivity index (χ4v) is 5.80. The van der Waals surface area contributed by atoms with Gasteiger partial charge in [0, 0.05) is 0 Å². The summed E-state index contributed by atoms with van der Waals surface area (Å²) in [5.41, 5.74) is 0. The number of hydrogen-bond donors (Lipinski definition) is 0. The van der Waals surface area contributed by atoms with Crippen molar-refractivity contribution >= 4 is 0 Å². The van der Waals surface area contributed by atoms with Crippen molar-refractivity contribution in [1.29, 1.82) is 0 Å². The summed E-state index contributed by atoms with van der Waals surface area (Å²) in [6.07, 6.45) is 26.7. The average molecular weight is 365 g/mol. The molecule has 0 aromatic heterocycles. The van der Waals surface area contributed by atoms with Gasteiger partial charge in [-0.1, -0.05) is 143 Å². The van der Waals surface area contributed by atoms with Gasteiger partial charge in [-0.05, 0) is 23.7 Å². The Morgan fingerprint density at radius 3 is 1.08 bits per heavy atom. The van der Waals surface area contributed by atoms with Gasteiger partial charge in [0.15, 0.2) is 0 Å². The molecule has 0 radical (unpaired) electrons. The lowest BCUT2D eigenvalue weighted by Crippen LogP contribution is -2.21. The molecular formula is C26H52. The van der Waals surface area contributed by atoms with Crippen molar-refractivity contribution in [3.8, 4) is 0 Å². The molecule has 1 saturated carbocycles. The Morgan fingerprint density at radius 1 is 0.423 bits per heavy atom. The van der Waals surface area contributed by atoms with E-state index in [9.17, 15) is 0 Å². The fraction of sp³-hybridized carbons (Fsp3) is 1.00. The first-order valence-electron chi connectivity index (χ1n) is 12.8. The van der Waals surface area contributed by atoms with Crippen molar-refractivity contribution in [3.05, 3.63) is 0 Å². The second kappa shape index (κ2) is 16.0. The van der Waals surface area contributed by atoms with Crippen molar-refractivity contribution in [2.75, 3.05) is 0 Å². The molecule has 4 unspecified atom stereocenters. The molecule has 0 heteroatoms. The highest BCUT2D eigenvalue weighted by molar-refractivity contribution is 4.77. The maximum Gasteiger partial charge on any atom is -0.0386 e. The third kappa shape index (κ3) is 9.80. The molecule has 0 amide bonds. The molecule has 0 bridgehead atoms. The second-order valence-electron chi connectivity index (χ2n) is 9.47. The molecule has 0 spiro atoms. The minimum atomic E-state index is 1.04. The standard InChI is InChI=1S/C26H52/c1-5-9-11-17-25-21-13-19-23(15-7-3)24(16-8-4)20-14-22-26(25)18-12-10-6-2/h23-26H,5-22H2,1-4H3. The molecular weight excluding hydrogens is 312 g/mol. The number of rotatable bonds is 12. The summed E-state index contributed by atoms with van der Waals surface area (Å²) in [6, 6.07) is 0. The lowest BCUT2D eigenvalue weighted by Gasteiger charge is -2.33. The van der Waals surface area contributed by atoms with Crippen molar-refractivity contribution in [2.24, 2.45) is 23.7 Å². The van der Waals surface area contributed by atoms with Gasteiger partial charge in [-0.25, -0.2) is 0 Å². The van der Waals surface area contributed by atoms with Crippen LogP contribution in [0.1, 0.15) is 143 Å². The van der Waals surface area contributed by atoms with Gasteiger partial charge in [0.05, 0.1) is 0 Å². The third-order valence-electron chi connectivity index (χ3n) is 7.31. The van der Waals surface area contributed by atoms with E-state index >= 15 is 0 Å². The van der Waals surface area contributed by atoms with E-state index in [1.165, 1.54) is 103 Å².